The number of rotatable bonds is 5. The van der Waals surface area contributed by atoms with Crippen LogP contribution in [0.4, 0.5) is 0 Å². The van der Waals surface area contributed by atoms with Gasteiger partial charge in [0.1, 0.15) is 12.4 Å². The number of aliphatic hydroxyl groups is 1. The molecule has 1 aliphatic carbocycles. The standard InChI is InChI=1S/C22H30N2O2/c1-22(2,3)24-19-11-9-16-17(21(19)25)10-12-20(18(16)13-23)26-14-15-7-5-4-6-8-15/h4-8,10,12,19,21,24-25H,9,11,13-14,23H2,1-3H3/t19-,21-/m1/s1. The van der Waals surface area contributed by atoms with E-state index in [1.807, 2.05) is 42.5 Å². The second-order valence-corrected chi connectivity index (χ2v) is 8.07. The van der Waals surface area contributed by atoms with Gasteiger partial charge in [0, 0.05) is 23.7 Å². The number of hydrogen-bond acceptors (Lipinski definition) is 4. The highest BCUT2D eigenvalue weighted by Gasteiger charge is 2.32. The Morgan fingerprint density at radius 1 is 1.15 bits per heavy atom. The number of nitrogens with two attached hydrogens (primary N) is 1. The molecule has 2 aromatic carbocycles. The second kappa shape index (κ2) is 7.78. The van der Waals surface area contributed by atoms with Crippen molar-refractivity contribution >= 4 is 0 Å². The fourth-order valence-electron chi connectivity index (χ4n) is 3.74. The van der Waals surface area contributed by atoms with E-state index in [9.17, 15) is 5.11 Å². The van der Waals surface area contributed by atoms with Crippen LogP contribution in [0.1, 0.15) is 55.5 Å². The Morgan fingerprint density at radius 2 is 1.88 bits per heavy atom. The van der Waals surface area contributed by atoms with Crippen molar-refractivity contribution < 1.29 is 9.84 Å². The molecular formula is C22H30N2O2. The number of benzene rings is 2. The van der Waals surface area contributed by atoms with Gasteiger partial charge >= 0.3 is 0 Å². The van der Waals surface area contributed by atoms with E-state index in [0.717, 1.165) is 40.8 Å². The first-order valence-corrected chi connectivity index (χ1v) is 9.36. The summed E-state index contributed by atoms with van der Waals surface area (Å²) in [5.74, 6) is 0.824. The largest absolute Gasteiger partial charge is 0.489 e. The van der Waals surface area contributed by atoms with Crippen LogP contribution in [0, 0.1) is 0 Å². The summed E-state index contributed by atoms with van der Waals surface area (Å²) in [4.78, 5) is 0. The predicted molar refractivity (Wildman–Crippen MR) is 105 cm³/mol. The molecule has 4 heteroatoms. The minimum atomic E-state index is -0.522. The lowest BCUT2D eigenvalue weighted by molar-refractivity contribution is 0.0996. The predicted octanol–water partition coefficient (Wildman–Crippen LogP) is 3.46. The van der Waals surface area contributed by atoms with Crippen LogP contribution in [0.5, 0.6) is 5.75 Å². The van der Waals surface area contributed by atoms with Gasteiger partial charge in [-0.05, 0) is 56.4 Å². The van der Waals surface area contributed by atoms with Crippen LogP contribution < -0.4 is 15.8 Å². The van der Waals surface area contributed by atoms with Gasteiger partial charge in [-0.15, -0.1) is 0 Å². The van der Waals surface area contributed by atoms with Crippen molar-refractivity contribution in [1.29, 1.82) is 0 Å². The van der Waals surface area contributed by atoms with Crippen LogP contribution in [-0.2, 0) is 19.6 Å². The maximum absolute atomic E-state index is 10.9. The molecule has 0 saturated carbocycles. The summed E-state index contributed by atoms with van der Waals surface area (Å²) in [6.45, 7) is 7.31. The van der Waals surface area contributed by atoms with Crippen LogP contribution in [-0.4, -0.2) is 16.7 Å². The van der Waals surface area contributed by atoms with E-state index in [1.165, 1.54) is 0 Å². The van der Waals surface area contributed by atoms with Crippen molar-refractivity contribution in [2.24, 2.45) is 5.73 Å². The summed E-state index contributed by atoms with van der Waals surface area (Å²) in [5, 5.41) is 14.4. The summed E-state index contributed by atoms with van der Waals surface area (Å²) < 4.78 is 6.05. The van der Waals surface area contributed by atoms with Gasteiger partial charge < -0.3 is 20.9 Å². The molecule has 0 saturated heterocycles. The van der Waals surface area contributed by atoms with Gasteiger partial charge in [-0.3, -0.25) is 0 Å². The summed E-state index contributed by atoms with van der Waals surface area (Å²) in [7, 11) is 0. The first-order chi connectivity index (χ1) is 12.4. The second-order valence-electron chi connectivity index (χ2n) is 8.07. The lowest BCUT2D eigenvalue weighted by atomic mass is 9.82. The highest BCUT2D eigenvalue weighted by atomic mass is 16.5. The Kier molecular flexibility index (Phi) is 5.66. The Morgan fingerprint density at radius 3 is 2.54 bits per heavy atom. The number of nitrogens with one attached hydrogen (secondary N) is 1. The number of fused-ring (bicyclic) bond motifs is 1. The van der Waals surface area contributed by atoms with Gasteiger partial charge in [-0.1, -0.05) is 36.4 Å². The summed E-state index contributed by atoms with van der Waals surface area (Å²) in [5.41, 5.74) is 10.3. The van der Waals surface area contributed by atoms with Gasteiger partial charge in [0.25, 0.3) is 0 Å². The van der Waals surface area contributed by atoms with E-state index >= 15 is 0 Å². The first kappa shape index (κ1) is 18.9. The summed E-state index contributed by atoms with van der Waals surface area (Å²) >= 11 is 0. The van der Waals surface area contributed by atoms with Crippen molar-refractivity contribution in [3.05, 3.63) is 64.7 Å². The van der Waals surface area contributed by atoms with Crippen molar-refractivity contribution in [1.82, 2.24) is 5.32 Å². The molecule has 2 atom stereocenters. The topological polar surface area (TPSA) is 67.5 Å². The molecule has 1 aliphatic rings. The zero-order valence-electron chi connectivity index (χ0n) is 16.0. The fourth-order valence-corrected chi connectivity index (χ4v) is 3.74. The average molecular weight is 354 g/mol. The molecule has 0 fully saturated rings. The van der Waals surface area contributed by atoms with Crippen molar-refractivity contribution in [3.63, 3.8) is 0 Å². The molecule has 4 N–H and O–H groups in total. The Hall–Kier alpha value is -1.88. The molecule has 26 heavy (non-hydrogen) atoms. The van der Waals surface area contributed by atoms with Gasteiger partial charge in [-0.2, -0.15) is 0 Å². The SMILES string of the molecule is CC(C)(C)N[C@@H]1CCc2c(ccc(OCc3ccccc3)c2CN)[C@H]1O. The molecule has 0 bridgehead atoms. The van der Waals surface area contributed by atoms with E-state index in [2.05, 4.69) is 26.1 Å². The molecule has 0 unspecified atom stereocenters. The molecule has 0 heterocycles. The van der Waals surface area contributed by atoms with Gasteiger partial charge in [0.05, 0.1) is 6.10 Å². The number of ether oxygens (including phenoxy) is 1. The lowest BCUT2D eigenvalue weighted by Crippen LogP contribution is -2.48. The minimum Gasteiger partial charge on any atom is -0.489 e. The van der Waals surface area contributed by atoms with Crippen LogP contribution in [0.15, 0.2) is 42.5 Å². The lowest BCUT2D eigenvalue weighted by Gasteiger charge is -2.37. The Bertz CT molecular complexity index is 738. The third-order valence-corrected chi connectivity index (χ3v) is 4.89. The normalized spacial score (nSPS) is 19.9. The highest BCUT2D eigenvalue weighted by molar-refractivity contribution is 5.48. The Labute approximate surface area is 156 Å². The Balaban J connectivity index is 1.81. The zero-order valence-corrected chi connectivity index (χ0v) is 16.0. The van der Waals surface area contributed by atoms with E-state index in [-0.39, 0.29) is 11.6 Å². The molecule has 3 rings (SSSR count). The van der Waals surface area contributed by atoms with E-state index in [4.69, 9.17) is 10.5 Å². The first-order valence-electron chi connectivity index (χ1n) is 9.36. The van der Waals surface area contributed by atoms with E-state index in [1.54, 1.807) is 0 Å². The molecule has 140 valence electrons. The van der Waals surface area contributed by atoms with Crippen molar-refractivity contribution in [3.8, 4) is 5.75 Å². The molecule has 0 aliphatic heterocycles. The highest BCUT2D eigenvalue weighted by Crippen LogP contribution is 2.37. The summed E-state index contributed by atoms with van der Waals surface area (Å²) in [6, 6.07) is 14.1. The third kappa shape index (κ3) is 4.26. The molecule has 2 aromatic rings. The zero-order chi connectivity index (χ0) is 18.7. The van der Waals surface area contributed by atoms with Gasteiger partial charge in [0.15, 0.2) is 0 Å². The quantitative estimate of drug-likeness (QED) is 0.769. The molecule has 4 nitrogen and oxygen atoms in total. The van der Waals surface area contributed by atoms with Crippen molar-refractivity contribution in [2.75, 3.05) is 0 Å². The van der Waals surface area contributed by atoms with Crippen LogP contribution in [0.25, 0.3) is 0 Å². The summed E-state index contributed by atoms with van der Waals surface area (Å²) in [6.07, 6.45) is 1.27. The fraction of sp³-hybridized carbons (Fsp3) is 0.455. The monoisotopic (exact) mass is 354 g/mol. The minimum absolute atomic E-state index is 0.0292. The van der Waals surface area contributed by atoms with Crippen LogP contribution in [0.2, 0.25) is 0 Å². The molecule has 0 radical (unpaired) electrons. The number of hydrogen-bond donors (Lipinski definition) is 3. The number of aliphatic hydroxyl groups excluding tert-OH is 1. The maximum Gasteiger partial charge on any atom is 0.124 e. The van der Waals surface area contributed by atoms with E-state index < -0.39 is 6.10 Å². The van der Waals surface area contributed by atoms with Crippen molar-refractivity contribution in [2.45, 2.75) is 64.4 Å². The third-order valence-electron chi connectivity index (χ3n) is 4.89. The smallest absolute Gasteiger partial charge is 0.124 e. The molecular weight excluding hydrogens is 324 g/mol. The average Bonchev–Trinajstić information content (AvgIpc) is 2.61. The van der Waals surface area contributed by atoms with Crippen LogP contribution >= 0.6 is 0 Å². The van der Waals surface area contributed by atoms with E-state index in [0.29, 0.717) is 13.2 Å². The molecule has 0 spiro atoms. The molecule has 0 aromatic heterocycles. The van der Waals surface area contributed by atoms with Gasteiger partial charge in [0.2, 0.25) is 0 Å². The maximum atomic E-state index is 10.9. The van der Waals surface area contributed by atoms with Crippen LogP contribution in [0.3, 0.4) is 0 Å². The van der Waals surface area contributed by atoms with Gasteiger partial charge in [-0.25, -0.2) is 0 Å². The molecule has 0 amide bonds.